The molecule has 7 nitrogen and oxygen atoms in total. The summed E-state index contributed by atoms with van der Waals surface area (Å²) in [6.45, 7) is 0. The van der Waals surface area contributed by atoms with Crippen molar-refractivity contribution in [2.75, 3.05) is 32.0 Å². The van der Waals surface area contributed by atoms with E-state index in [2.05, 4.69) is 10.6 Å². The molecule has 0 spiro atoms. The lowest BCUT2D eigenvalue weighted by Gasteiger charge is -2.11. The Kier molecular flexibility index (Phi) is 7.48. The van der Waals surface area contributed by atoms with Crippen molar-refractivity contribution in [2.24, 2.45) is 0 Å². The molecule has 2 amide bonds. The van der Waals surface area contributed by atoms with E-state index in [-0.39, 0.29) is 5.91 Å². The van der Waals surface area contributed by atoms with Crippen LogP contribution in [0.1, 0.15) is 15.9 Å². The molecule has 164 valence electrons. The van der Waals surface area contributed by atoms with Gasteiger partial charge < -0.3 is 24.8 Å². The fourth-order valence-electron chi connectivity index (χ4n) is 3.00. The molecule has 3 aromatic rings. The second kappa shape index (κ2) is 10.7. The summed E-state index contributed by atoms with van der Waals surface area (Å²) in [5.74, 6) is 1.13. The van der Waals surface area contributed by atoms with Crippen LogP contribution in [-0.4, -0.2) is 33.1 Å². The van der Waals surface area contributed by atoms with E-state index in [0.29, 0.717) is 39.8 Å². The van der Waals surface area contributed by atoms with E-state index >= 15 is 0 Å². The molecule has 0 heterocycles. The summed E-state index contributed by atoms with van der Waals surface area (Å²) < 4.78 is 15.7. The van der Waals surface area contributed by atoms with Gasteiger partial charge in [0, 0.05) is 23.4 Å². The zero-order valence-electron chi connectivity index (χ0n) is 18.0. The molecule has 0 aliphatic carbocycles. The SMILES string of the molecule is COc1cccc(NC(=O)c2ccccc2NC(=O)/C=C/c2cc(OC)ccc2OC)c1. The normalized spacial score (nSPS) is 10.5. The highest BCUT2D eigenvalue weighted by Gasteiger charge is 2.13. The molecule has 2 N–H and O–H groups in total. The molecule has 3 aromatic carbocycles. The Hall–Kier alpha value is -4.26. The lowest BCUT2D eigenvalue weighted by Crippen LogP contribution is -2.17. The molecule has 0 atom stereocenters. The molecule has 0 fully saturated rings. The maximum Gasteiger partial charge on any atom is 0.257 e. The number of ether oxygens (including phenoxy) is 3. The summed E-state index contributed by atoms with van der Waals surface area (Å²) in [5.41, 5.74) is 1.99. The number of benzene rings is 3. The predicted octanol–water partition coefficient (Wildman–Crippen LogP) is 4.62. The smallest absolute Gasteiger partial charge is 0.257 e. The molecule has 7 heteroatoms. The van der Waals surface area contributed by atoms with Gasteiger partial charge in [0.2, 0.25) is 5.91 Å². The van der Waals surface area contributed by atoms with E-state index in [9.17, 15) is 9.59 Å². The number of para-hydroxylation sites is 1. The highest BCUT2D eigenvalue weighted by molar-refractivity contribution is 6.11. The number of amides is 2. The second-order valence-corrected chi connectivity index (χ2v) is 6.66. The lowest BCUT2D eigenvalue weighted by molar-refractivity contribution is -0.111. The monoisotopic (exact) mass is 432 g/mol. The molecule has 32 heavy (non-hydrogen) atoms. The fraction of sp³-hybridized carbons (Fsp3) is 0.120. The van der Waals surface area contributed by atoms with Gasteiger partial charge in [-0.15, -0.1) is 0 Å². The molecule has 0 saturated carbocycles. The van der Waals surface area contributed by atoms with Crippen LogP contribution in [0.25, 0.3) is 6.08 Å². The molecule has 0 bridgehead atoms. The van der Waals surface area contributed by atoms with Gasteiger partial charge in [0.25, 0.3) is 5.91 Å². The Labute approximate surface area is 186 Å². The summed E-state index contributed by atoms with van der Waals surface area (Å²) in [6, 6.07) is 19.1. The molecule has 0 unspecified atom stereocenters. The first-order valence-electron chi connectivity index (χ1n) is 9.79. The van der Waals surface area contributed by atoms with Crippen LogP contribution in [0.2, 0.25) is 0 Å². The molecule has 0 aromatic heterocycles. The summed E-state index contributed by atoms with van der Waals surface area (Å²) in [4.78, 5) is 25.3. The van der Waals surface area contributed by atoms with Gasteiger partial charge in [0.1, 0.15) is 17.2 Å². The van der Waals surface area contributed by atoms with Gasteiger partial charge in [0.05, 0.1) is 32.6 Å². The first-order valence-corrected chi connectivity index (χ1v) is 9.79. The average molecular weight is 432 g/mol. The summed E-state index contributed by atoms with van der Waals surface area (Å²) in [7, 11) is 4.67. The number of carbonyl (C=O) groups excluding carboxylic acids is 2. The van der Waals surface area contributed by atoms with E-state index in [1.54, 1.807) is 94.1 Å². The van der Waals surface area contributed by atoms with Gasteiger partial charge in [-0.05, 0) is 48.5 Å². The summed E-state index contributed by atoms with van der Waals surface area (Å²) in [5, 5.41) is 5.57. The Morgan fingerprint density at radius 2 is 1.53 bits per heavy atom. The Bertz CT molecular complexity index is 1140. The van der Waals surface area contributed by atoms with Crippen LogP contribution in [-0.2, 0) is 4.79 Å². The van der Waals surface area contributed by atoms with Crippen LogP contribution in [0.5, 0.6) is 17.2 Å². The minimum absolute atomic E-state index is 0.330. The number of nitrogens with one attached hydrogen (secondary N) is 2. The quantitative estimate of drug-likeness (QED) is 0.508. The minimum Gasteiger partial charge on any atom is -0.497 e. The van der Waals surface area contributed by atoms with E-state index in [4.69, 9.17) is 14.2 Å². The van der Waals surface area contributed by atoms with Crippen LogP contribution in [0.3, 0.4) is 0 Å². The van der Waals surface area contributed by atoms with Gasteiger partial charge >= 0.3 is 0 Å². The number of rotatable bonds is 8. The molecule has 0 saturated heterocycles. The Balaban J connectivity index is 1.75. The largest absolute Gasteiger partial charge is 0.497 e. The zero-order valence-corrected chi connectivity index (χ0v) is 18.0. The van der Waals surface area contributed by atoms with Crippen LogP contribution in [0.15, 0.2) is 72.8 Å². The molecular formula is C25H24N2O5. The van der Waals surface area contributed by atoms with Crippen molar-refractivity contribution in [1.29, 1.82) is 0 Å². The predicted molar refractivity (Wildman–Crippen MR) is 125 cm³/mol. The van der Waals surface area contributed by atoms with E-state index in [0.717, 1.165) is 0 Å². The summed E-state index contributed by atoms with van der Waals surface area (Å²) >= 11 is 0. The molecule has 3 rings (SSSR count). The third kappa shape index (κ3) is 5.66. The third-order valence-electron chi connectivity index (χ3n) is 4.61. The van der Waals surface area contributed by atoms with Gasteiger partial charge in [-0.1, -0.05) is 18.2 Å². The fourth-order valence-corrected chi connectivity index (χ4v) is 3.00. The topological polar surface area (TPSA) is 85.9 Å². The van der Waals surface area contributed by atoms with E-state index in [1.165, 1.54) is 6.08 Å². The number of carbonyl (C=O) groups is 2. The number of anilines is 2. The molecule has 0 aliphatic heterocycles. The number of hydrogen-bond acceptors (Lipinski definition) is 5. The summed E-state index contributed by atoms with van der Waals surface area (Å²) in [6.07, 6.45) is 2.99. The number of hydrogen-bond donors (Lipinski definition) is 2. The van der Waals surface area contributed by atoms with Crippen molar-refractivity contribution in [3.8, 4) is 17.2 Å². The van der Waals surface area contributed by atoms with Crippen LogP contribution >= 0.6 is 0 Å². The first kappa shape index (κ1) is 22.4. The molecule has 0 radical (unpaired) electrons. The average Bonchev–Trinajstić information content (AvgIpc) is 2.82. The first-order chi connectivity index (χ1) is 15.5. The maximum atomic E-state index is 12.8. The lowest BCUT2D eigenvalue weighted by atomic mass is 10.1. The van der Waals surface area contributed by atoms with Crippen LogP contribution in [0.4, 0.5) is 11.4 Å². The standard InChI is InChI=1S/C25H24N2O5/c1-30-19-8-6-7-18(16-19)26-25(29)21-9-4-5-10-22(21)27-24(28)14-11-17-15-20(31-2)12-13-23(17)32-3/h4-16H,1-3H3,(H,26,29)(H,27,28)/b14-11+. The van der Waals surface area contributed by atoms with E-state index < -0.39 is 5.91 Å². The van der Waals surface area contributed by atoms with Crippen molar-refractivity contribution in [3.63, 3.8) is 0 Å². The van der Waals surface area contributed by atoms with Gasteiger partial charge in [-0.2, -0.15) is 0 Å². The van der Waals surface area contributed by atoms with Crippen molar-refractivity contribution in [1.82, 2.24) is 0 Å². The van der Waals surface area contributed by atoms with E-state index in [1.807, 2.05) is 0 Å². The van der Waals surface area contributed by atoms with Crippen LogP contribution < -0.4 is 24.8 Å². The highest BCUT2D eigenvalue weighted by atomic mass is 16.5. The zero-order chi connectivity index (χ0) is 22.9. The van der Waals surface area contributed by atoms with Crippen molar-refractivity contribution < 1.29 is 23.8 Å². The Morgan fingerprint density at radius 3 is 2.28 bits per heavy atom. The van der Waals surface area contributed by atoms with Crippen molar-refractivity contribution >= 4 is 29.3 Å². The Morgan fingerprint density at radius 1 is 0.781 bits per heavy atom. The third-order valence-corrected chi connectivity index (χ3v) is 4.61. The second-order valence-electron chi connectivity index (χ2n) is 6.66. The van der Waals surface area contributed by atoms with Crippen LogP contribution in [0, 0.1) is 0 Å². The van der Waals surface area contributed by atoms with Gasteiger partial charge in [-0.3, -0.25) is 9.59 Å². The molecule has 0 aliphatic rings. The molecular weight excluding hydrogens is 408 g/mol. The van der Waals surface area contributed by atoms with Gasteiger partial charge in [0.15, 0.2) is 0 Å². The number of methoxy groups -OCH3 is 3. The van der Waals surface area contributed by atoms with Gasteiger partial charge in [-0.25, -0.2) is 0 Å². The maximum absolute atomic E-state index is 12.8. The van der Waals surface area contributed by atoms with Crippen molar-refractivity contribution in [3.05, 3.63) is 83.9 Å². The highest BCUT2D eigenvalue weighted by Crippen LogP contribution is 2.25. The minimum atomic E-state index is -0.392. The van der Waals surface area contributed by atoms with Crippen molar-refractivity contribution in [2.45, 2.75) is 0 Å².